The van der Waals surface area contributed by atoms with Crippen LogP contribution in [-0.2, 0) is 23.1 Å². The molecule has 38 heavy (non-hydrogen) atoms. The van der Waals surface area contributed by atoms with Crippen molar-refractivity contribution in [1.82, 2.24) is 9.80 Å². The Morgan fingerprint density at radius 3 is 2.74 bits per heavy atom. The predicted octanol–water partition coefficient (Wildman–Crippen LogP) is 3.16. The lowest BCUT2D eigenvalue weighted by Gasteiger charge is -2.64. The number of piperidine rings is 1. The zero-order valence-electron chi connectivity index (χ0n) is 22.4. The molecule has 1 spiro atoms. The van der Waals surface area contributed by atoms with E-state index in [9.17, 15) is 25.1 Å². The van der Waals surface area contributed by atoms with Gasteiger partial charge in [0.2, 0.25) is 5.91 Å². The first kappa shape index (κ1) is 25.1. The molecule has 2 heterocycles. The molecule has 2 unspecified atom stereocenters. The van der Waals surface area contributed by atoms with Gasteiger partial charge in [-0.2, -0.15) is 0 Å². The van der Waals surface area contributed by atoms with Crippen LogP contribution in [0.1, 0.15) is 53.5 Å². The third-order valence-electron chi connectivity index (χ3n) is 10.1. The van der Waals surface area contributed by atoms with E-state index in [1.54, 1.807) is 11.9 Å². The first-order chi connectivity index (χ1) is 18.0. The zero-order valence-corrected chi connectivity index (χ0v) is 22.4. The molecule has 2 aliphatic carbocycles. The quantitative estimate of drug-likeness (QED) is 0.459. The second-order valence-corrected chi connectivity index (χ2v) is 11.8. The fourth-order valence-corrected chi connectivity index (χ4v) is 7.93. The predicted molar refractivity (Wildman–Crippen MR) is 141 cm³/mol. The SMILES string of the molecule is Cc1ccc(CCC(=O)N(C)C2CC[C@@]3(O)[C@H]4Cc5c([N+](=O)[O-])cc(O)c6c5[C@@]3(CCN4C)C2O6)cc1C. The van der Waals surface area contributed by atoms with E-state index in [4.69, 9.17) is 4.74 Å². The molecule has 1 saturated heterocycles. The summed E-state index contributed by atoms with van der Waals surface area (Å²) < 4.78 is 6.48. The van der Waals surface area contributed by atoms with Gasteiger partial charge in [-0.25, -0.2) is 0 Å². The standard InChI is InChI=1S/C29H35N3O6/c1-16-5-6-18(13-17(16)2)7-8-24(34)31(4)20-9-10-29(35)23-14-19-21(32(36)37)15-22(33)26-25(19)28(29,27(20)38-26)11-12-30(23)3/h5-6,13,15,20,23,27,33,35H,7-12,14H2,1-4H3/t20?,23-,27?,28+,29-/m1/s1. The number of hydrogen-bond acceptors (Lipinski definition) is 7. The number of hydrogen-bond donors (Lipinski definition) is 2. The molecule has 2 bridgehead atoms. The fraction of sp³-hybridized carbons (Fsp3) is 0.552. The number of amides is 1. The summed E-state index contributed by atoms with van der Waals surface area (Å²) >= 11 is 0. The number of nitro benzene ring substituents is 1. The van der Waals surface area contributed by atoms with Crippen LogP contribution in [0.4, 0.5) is 5.69 Å². The number of carbonyl (C=O) groups is 1. The van der Waals surface area contributed by atoms with Crippen molar-refractivity contribution in [3.8, 4) is 11.5 Å². The Balaban J connectivity index is 1.37. The van der Waals surface area contributed by atoms with E-state index in [0.717, 1.165) is 5.56 Å². The number of phenols is 1. The Kier molecular flexibility index (Phi) is 5.56. The van der Waals surface area contributed by atoms with Gasteiger partial charge in [0, 0.05) is 30.6 Å². The highest BCUT2D eigenvalue weighted by Crippen LogP contribution is 2.66. The molecule has 6 rings (SSSR count). The summed E-state index contributed by atoms with van der Waals surface area (Å²) in [6.07, 6.45) is 2.22. The lowest BCUT2D eigenvalue weighted by atomic mass is 9.48. The number of rotatable bonds is 5. The normalized spacial score (nSPS) is 30.9. The van der Waals surface area contributed by atoms with Gasteiger partial charge in [-0.1, -0.05) is 18.2 Å². The molecule has 2 aromatic rings. The van der Waals surface area contributed by atoms with E-state index in [1.165, 1.54) is 17.2 Å². The first-order valence-corrected chi connectivity index (χ1v) is 13.4. The topological polar surface area (TPSA) is 116 Å². The number of phenolic OH excluding ortho intramolecular Hbond substituents is 1. The lowest BCUT2D eigenvalue weighted by molar-refractivity contribution is -0.386. The van der Waals surface area contributed by atoms with Crippen molar-refractivity contribution >= 4 is 11.6 Å². The van der Waals surface area contributed by atoms with Gasteiger partial charge in [0.05, 0.1) is 28.0 Å². The van der Waals surface area contributed by atoms with Gasteiger partial charge in [0.25, 0.3) is 5.69 Å². The van der Waals surface area contributed by atoms with E-state index >= 15 is 0 Å². The smallest absolute Gasteiger partial charge is 0.276 e. The van der Waals surface area contributed by atoms with Gasteiger partial charge in [-0.15, -0.1) is 0 Å². The monoisotopic (exact) mass is 521 g/mol. The second kappa shape index (κ2) is 8.41. The highest BCUT2D eigenvalue weighted by atomic mass is 16.6. The van der Waals surface area contributed by atoms with Crippen LogP contribution in [0, 0.1) is 24.0 Å². The molecule has 2 N–H and O–H groups in total. The van der Waals surface area contributed by atoms with Crippen molar-refractivity contribution in [1.29, 1.82) is 0 Å². The number of aliphatic hydroxyl groups is 1. The molecule has 9 heteroatoms. The Morgan fingerprint density at radius 1 is 1.26 bits per heavy atom. The molecule has 2 aromatic carbocycles. The second-order valence-electron chi connectivity index (χ2n) is 11.8. The van der Waals surface area contributed by atoms with Crippen LogP contribution in [0.25, 0.3) is 0 Å². The number of likely N-dealkylation sites (N-methyl/N-ethyl adjacent to an activating group) is 2. The number of benzene rings is 2. The number of carbonyl (C=O) groups excluding carboxylic acids is 1. The summed E-state index contributed by atoms with van der Waals surface area (Å²) in [6, 6.07) is 6.79. The Morgan fingerprint density at radius 2 is 2.03 bits per heavy atom. The third-order valence-corrected chi connectivity index (χ3v) is 10.1. The highest BCUT2D eigenvalue weighted by molar-refractivity contribution is 5.77. The van der Waals surface area contributed by atoms with Gasteiger partial charge in [0.1, 0.15) is 6.10 Å². The van der Waals surface area contributed by atoms with Gasteiger partial charge < -0.3 is 24.7 Å². The number of ether oxygens (including phenoxy) is 1. The molecule has 2 aliphatic heterocycles. The van der Waals surface area contributed by atoms with Crippen molar-refractivity contribution < 1.29 is 24.7 Å². The summed E-state index contributed by atoms with van der Waals surface area (Å²) in [7, 11) is 3.74. The minimum absolute atomic E-state index is 0.00895. The van der Waals surface area contributed by atoms with Crippen LogP contribution in [0.3, 0.4) is 0 Å². The summed E-state index contributed by atoms with van der Waals surface area (Å²) in [6.45, 7) is 4.82. The van der Waals surface area contributed by atoms with E-state index in [0.29, 0.717) is 56.2 Å². The van der Waals surface area contributed by atoms with Crippen molar-refractivity contribution in [2.24, 2.45) is 0 Å². The van der Waals surface area contributed by atoms with Crippen molar-refractivity contribution in [3.05, 3.63) is 62.2 Å². The van der Waals surface area contributed by atoms with E-state index in [1.807, 2.05) is 7.05 Å². The molecule has 202 valence electrons. The molecule has 1 saturated carbocycles. The summed E-state index contributed by atoms with van der Waals surface area (Å²) in [5.41, 5.74) is 2.42. The fourth-order valence-electron chi connectivity index (χ4n) is 7.93. The molecule has 1 amide bonds. The highest BCUT2D eigenvalue weighted by Gasteiger charge is 2.73. The summed E-state index contributed by atoms with van der Waals surface area (Å²) in [5.74, 6) is -0.0494. The summed E-state index contributed by atoms with van der Waals surface area (Å²) in [5, 5.41) is 35.2. The molecular formula is C29H35N3O6. The number of nitrogens with zero attached hydrogens (tertiary/aromatic N) is 3. The molecule has 0 aromatic heterocycles. The Labute approximate surface area is 222 Å². The number of aryl methyl sites for hydroxylation is 3. The first-order valence-electron chi connectivity index (χ1n) is 13.4. The summed E-state index contributed by atoms with van der Waals surface area (Å²) in [4.78, 5) is 28.9. The number of nitro groups is 1. The average Bonchev–Trinajstić information content (AvgIpc) is 3.23. The van der Waals surface area contributed by atoms with Crippen LogP contribution in [-0.4, -0.2) is 75.3 Å². The Hall–Kier alpha value is -3.17. The molecule has 2 fully saturated rings. The minimum Gasteiger partial charge on any atom is -0.504 e. The maximum Gasteiger partial charge on any atom is 0.276 e. The van der Waals surface area contributed by atoms with Gasteiger partial charge in [-0.05, 0) is 76.2 Å². The largest absolute Gasteiger partial charge is 0.504 e. The van der Waals surface area contributed by atoms with Crippen LogP contribution in [0.15, 0.2) is 24.3 Å². The van der Waals surface area contributed by atoms with E-state index < -0.39 is 22.0 Å². The maximum atomic E-state index is 13.5. The average molecular weight is 522 g/mol. The zero-order chi connectivity index (χ0) is 27.1. The van der Waals surface area contributed by atoms with Gasteiger partial charge >= 0.3 is 0 Å². The van der Waals surface area contributed by atoms with E-state index in [-0.39, 0.29) is 35.2 Å². The minimum atomic E-state index is -1.18. The van der Waals surface area contributed by atoms with Crippen molar-refractivity contribution in [3.63, 3.8) is 0 Å². The van der Waals surface area contributed by atoms with E-state index in [2.05, 4.69) is 36.9 Å². The van der Waals surface area contributed by atoms with Crippen molar-refractivity contribution in [2.45, 2.75) is 81.6 Å². The molecule has 9 nitrogen and oxygen atoms in total. The number of likely N-dealkylation sites (tertiary alicyclic amines) is 1. The molecular weight excluding hydrogens is 486 g/mol. The van der Waals surface area contributed by atoms with Gasteiger partial charge in [-0.3, -0.25) is 14.9 Å². The van der Waals surface area contributed by atoms with Crippen LogP contribution < -0.4 is 4.74 Å². The molecule has 4 aliphatic rings. The third kappa shape index (κ3) is 3.21. The number of aromatic hydroxyl groups is 1. The molecule has 5 atom stereocenters. The molecule has 0 radical (unpaired) electrons. The maximum absolute atomic E-state index is 13.5. The van der Waals surface area contributed by atoms with Crippen LogP contribution in [0.5, 0.6) is 11.5 Å². The van der Waals surface area contributed by atoms with Crippen LogP contribution in [0.2, 0.25) is 0 Å². The van der Waals surface area contributed by atoms with Gasteiger partial charge in [0.15, 0.2) is 11.5 Å². The lowest BCUT2D eigenvalue weighted by Crippen LogP contribution is -2.77. The Bertz CT molecular complexity index is 1360. The van der Waals surface area contributed by atoms with Crippen LogP contribution >= 0.6 is 0 Å². The van der Waals surface area contributed by atoms with Crippen molar-refractivity contribution in [2.75, 3.05) is 20.6 Å².